The van der Waals surface area contributed by atoms with Gasteiger partial charge in [-0.1, -0.05) is 13.8 Å². The van der Waals surface area contributed by atoms with Crippen molar-refractivity contribution in [3.8, 4) is 0 Å². The molecule has 0 amide bonds. The molecule has 2 aliphatic heterocycles. The molecule has 0 aromatic carbocycles. The summed E-state index contributed by atoms with van der Waals surface area (Å²) in [6.45, 7) is 9.98. The molecule has 4 nitrogen and oxygen atoms in total. The number of nitrogens with zero attached hydrogens (tertiary/aromatic N) is 2. The molecule has 2 saturated heterocycles. The maximum Gasteiger partial charge on any atom is 0.196 e. The first kappa shape index (κ1) is 13.1. The molecule has 1 aromatic heterocycles. The molecule has 19 heavy (non-hydrogen) atoms. The Labute approximate surface area is 115 Å². The van der Waals surface area contributed by atoms with Gasteiger partial charge in [0.15, 0.2) is 5.89 Å². The first-order chi connectivity index (χ1) is 9.17. The number of likely N-dealkylation sites (tertiary alicyclic amines) is 1. The van der Waals surface area contributed by atoms with Crippen LogP contribution < -0.4 is 5.32 Å². The lowest BCUT2D eigenvalue weighted by Gasteiger charge is -2.39. The van der Waals surface area contributed by atoms with Crippen LogP contribution in [0.15, 0.2) is 10.7 Å². The van der Waals surface area contributed by atoms with Crippen molar-refractivity contribution in [2.24, 2.45) is 5.41 Å². The average molecular weight is 263 g/mol. The highest BCUT2D eigenvalue weighted by Gasteiger charge is 2.37. The van der Waals surface area contributed by atoms with Crippen molar-refractivity contribution in [3.05, 3.63) is 17.8 Å². The van der Waals surface area contributed by atoms with E-state index >= 15 is 0 Å². The zero-order valence-electron chi connectivity index (χ0n) is 12.1. The lowest BCUT2D eigenvalue weighted by molar-refractivity contribution is 0.0967. The lowest BCUT2D eigenvalue weighted by Crippen LogP contribution is -2.44. The fourth-order valence-electron chi connectivity index (χ4n) is 3.48. The SMILES string of the molecule is CC(C)c1nc(CN2CCCC3(CCNC3)C2)co1. The van der Waals surface area contributed by atoms with Gasteiger partial charge in [-0.05, 0) is 37.8 Å². The first-order valence-corrected chi connectivity index (χ1v) is 7.54. The van der Waals surface area contributed by atoms with Gasteiger partial charge in [0.2, 0.25) is 0 Å². The van der Waals surface area contributed by atoms with E-state index in [1.54, 1.807) is 0 Å². The highest BCUT2D eigenvalue weighted by Crippen LogP contribution is 2.35. The number of hydrogen-bond acceptors (Lipinski definition) is 4. The number of piperidine rings is 1. The summed E-state index contributed by atoms with van der Waals surface area (Å²) in [5.41, 5.74) is 1.62. The fraction of sp³-hybridized carbons (Fsp3) is 0.800. The van der Waals surface area contributed by atoms with Gasteiger partial charge in [-0.25, -0.2) is 4.98 Å². The number of rotatable bonds is 3. The fourth-order valence-corrected chi connectivity index (χ4v) is 3.48. The molecule has 0 radical (unpaired) electrons. The van der Waals surface area contributed by atoms with Crippen molar-refractivity contribution in [2.45, 2.75) is 45.6 Å². The summed E-state index contributed by atoms with van der Waals surface area (Å²) in [6.07, 6.45) is 5.87. The summed E-state index contributed by atoms with van der Waals surface area (Å²) in [6, 6.07) is 0. The van der Waals surface area contributed by atoms with E-state index < -0.39 is 0 Å². The van der Waals surface area contributed by atoms with Crippen LogP contribution in [0.5, 0.6) is 0 Å². The van der Waals surface area contributed by atoms with E-state index in [0.29, 0.717) is 11.3 Å². The largest absolute Gasteiger partial charge is 0.448 e. The van der Waals surface area contributed by atoms with Crippen molar-refractivity contribution in [1.82, 2.24) is 15.2 Å². The number of hydrogen-bond donors (Lipinski definition) is 1. The van der Waals surface area contributed by atoms with E-state index in [-0.39, 0.29) is 0 Å². The van der Waals surface area contributed by atoms with Crippen LogP contribution in [-0.2, 0) is 6.54 Å². The molecule has 1 N–H and O–H groups in total. The molecule has 1 aromatic rings. The van der Waals surface area contributed by atoms with Crippen LogP contribution in [0.1, 0.15) is 50.6 Å². The molecule has 4 heteroatoms. The van der Waals surface area contributed by atoms with Crippen LogP contribution in [0.4, 0.5) is 0 Å². The zero-order chi connectivity index (χ0) is 13.3. The lowest BCUT2D eigenvalue weighted by atomic mass is 9.79. The van der Waals surface area contributed by atoms with Crippen molar-refractivity contribution < 1.29 is 4.42 Å². The predicted octanol–water partition coefficient (Wildman–Crippen LogP) is 2.37. The molecule has 2 fully saturated rings. The van der Waals surface area contributed by atoms with Crippen molar-refractivity contribution in [2.75, 3.05) is 26.2 Å². The average Bonchev–Trinajstić information content (AvgIpc) is 3.00. The maximum atomic E-state index is 5.53. The summed E-state index contributed by atoms with van der Waals surface area (Å²) >= 11 is 0. The van der Waals surface area contributed by atoms with Gasteiger partial charge < -0.3 is 9.73 Å². The molecule has 106 valence electrons. The minimum Gasteiger partial charge on any atom is -0.448 e. The van der Waals surface area contributed by atoms with Crippen molar-refractivity contribution in [3.63, 3.8) is 0 Å². The molecular weight excluding hydrogens is 238 g/mol. The van der Waals surface area contributed by atoms with Gasteiger partial charge in [-0.15, -0.1) is 0 Å². The summed E-state index contributed by atoms with van der Waals surface area (Å²) in [5.74, 6) is 1.24. The quantitative estimate of drug-likeness (QED) is 0.909. The Morgan fingerprint density at radius 2 is 2.37 bits per heavy atom. The molecule has 1 unspecified atom stereocenters. The van der Waals surface area contributed by atoms with Crippen LogP contribution in [0, 0.1) is 5.41 Å². The summed E-state index contributed by atoms with van der Waals surface area (Å²) in [7, 11) is 0. The van der Waals surface area contributed by atoms with Crippen molar-refractivity contribution >= 4 is 0 Å². The van der Waals surface area contributed by atoms with Gasteiger partial charge in [-0.2, -0.15) is 0 Å². The third-order valence-electron chi connectivity index (χ3n) is 4.52. The van der Waals surface area contributed by atoms with Crippen LogP contribution >= 0.6 is 0 Å². The first-order valence-electron chi connectivity index (χ1n) is 7.54. The van der Waals surface area contributed by atoms with E-state index in [0.717, 1.165) is 18.1 Å². The van der Waals surface area contributed by atoms with Crippen LogP contribution in [0.2, 0.25) is 0 Å². The summed E-state index contributed by atoms with van der Waals surface area (Å²) in [5, 5.41) is 3.53. The summed E-state index contributed by atoms with van der Waals surface area (Å²) in [4.78, 5) is 7.15. The maximum absolute atomic E-state index is 5.53. The number of nitrogens with one attached hydrogen (secondary N) is 1. The molecule has 0 aliphatic carbocycles. The minimum absolute atomic E-state index is 0.375. The Kier molecular flexibility index (Phi) is 3.63. The molecular formula is C15H25N3O. The van der Waals surface area contributed by atoms with E-state index in [4.69, 9.17) is 4.42 Å². The van der Waals surface area contributed by atoms with E-state index in [2.05, 4.69) is 29.0 Å². The highest BCUT2D eigenvalue weighted by molar-refractivity contribution is 5.01. The second kappa shape index (κ2) is 5.25. The molecule has 3 rings (SSSR count). The minimum atomic E-state index is 0.375. The van der Waals surface area contributed by atoms with Crippen LogP contribution in [0.3, 0.4) is 0 Å². The Morgan fingerprint density at radius 1 is 1.47 bits per heavy atom. The van der Waals surface area contributed by atoms with Gasteiger partial charge >= 0.3 is 0 Å². The molecule has 3 heterocycles. The third kappa shape index (κ3) is 2.84. The Balaban J connectivity index is 1.62. The van der Waals surface area contributed by atoms with Gasteiger partial charge in [0.1, 0.15) is 6.26 Å². The Hall–Kier alpha value is -0.870. The highest BCUT2D eigenvalue weighted by atomic mass is 16.3. The second-order valence-corrected chi connectivity index (χ2v) is 6.57. The van der Waals surface area contributed by atoms with Gasteiger partial charge in [0.05, 0.1) is 5.69 Å². The molecule has 0 bridgehead atoms. The zero-order valence-corrected chi connectivity index (χ0v) is 12.1. The van der Waals surface area contributed by atoms with E-state index in [1.807, 2.05) is 6.26 Å². The second-order valence-electron chi connectivity index (χ2n) is 6.57. The third-order valence-corrected chi connectivity index (χ3v) is 4.52. The Bertz CT molecular complexity index is 421. The molecule has 1 spiro atoms. The van der Waals surface area contributed by atoms with E-state index in [9.17, 15) is 0 Å². The van der Waals surface area contributed by atoms with Gasteiger partial charge in [-0.3, -0.25) is 4.90 Å². The van der Waals surface area contributed by atoms with Crippen LogP contribution in [-0.4, -0.2) is 36.1 Å². The topological polar surface area (TPSA) is 41.3 Å². The van der Waals surface area contributed by atoms with E-state index in [1.165, 1.54) is 45.4 Å². The number of aromatic nitrogens is 1. The Morgan fingerprint density at radius 3 is 3.05 bits per heavy atom. The number of oxazole rings is 1. The molecule has 0 saturated carbocycles. The smallest absolute Gasteiger partial charge is 0.196 e. The van der Waals surface area contributed by atoms with Crippen molar-refractivity contribution in [1.29, 1.82) is 0 Å². The summed E-state index contributed by atoms with van der Waals surface area (Å²) < 4.78 is 5.53. The standard InChI is InChI=1S/C15H25N3O/c1-12(2)14-17-13(9-19-14)8-18-7-3-4-15(11-18)5-6-16-10-15/h9,12,16H,3-8,10-11H2,1-2H3. The monoisotopic (exact) mass is 263 g/mol. The van der Waals surface area contributed by atoms with Crippen LogP contribution in [0.25, 0.3) is 0 Å². The normalized spacial score (nSPS) is 28.6. The van der Waals surface area contributed by atoms with Gasteiger partial charge in [0, 0.05) is 25.6 Å². The molecule has 1 atom stereocenters. The molecule has 2 aliphatic rings. The predicted molar refractivity (Wildman–Crippen MR) is 75.0 cm³/mol. The van der Waals surface area contributed by atoms with Gasteiger partial charge in [0.25, 0.3) is 0 Å².